The summed E-state index contributed by atoms with van der Waals surface area (Å²) in [4.78, 5) is 0. The lowest BCUT2D eigenvalue weighted by molar-refractivity contribution is 0.174. The third kappa shape index (κ3) is 5.33. The molecule has 1 unspecified atom stereocenters. The first kappa shape index (κ1) is 14.5. The summed E-state index contributed by atoms with van der Waals surface area (Å²) in [6.45, 7) is 6.16. The third-order valence-electron chi connectivity index (χ3n) is 3.77. The molecule has 0 aliphatic heterocycles. The van der Waals surface area contributed by atoms with E-state index in [1.54, 1.807) is 0 Å². The molecular weight excluding hydrogens is 234 g/mol. The number of rotatable bonds is 8. The average Bonchev–Trinajstić information content (AvgIpc) is 3.18. The number of benzene rings is 1. The highest BCUT2D eigenvalue weighted by molar-refractivity contribution is 5.24. The molecule has 0 saturated heterocycles. The van der Waals surface area contributed by atoms with Crippen LogP contribution in [0.4, 0.5) is 0 Å². The van der Waals surface area contributed by atoms with Crippen LogP contribution in [0.15, 0.2) is 24.3 Å². The molecule has 1 atom stereocenters. The standard InChI is InChI=1S/C17H27NO/c1-13(2)11-15-5-7-16(8-6-15)17(19)12-18-10-9-14-3-4-14/h5-8,13-14,17-19H,3-4,9-12H2,1-2H3. The van der Waals surface area contributed by atoms with Gasteiger partial charge in [0.25, 0.3) is 0 Å². The summed E-state index contributed by atoms with van der Waals surface area (Å²) in [6.07, 6.45) is 4.80. The lowest BCUT2D eigenvalue weighted by Gasteiger charge is -2.13. The summed E-state index contributed by atoms with van der Waals surface area (Å²) in [7, 11) is 0. The van der Waals surface area contributed by atoms with Crippen LogP contribution in [0.5, 0.6) is 0 Å². The van der Waals surface area contributed by atoms with Crippen molar-refractivity contribution in [1.29, 1.82) is 0 Å². The summed E-state index contributed by atoms with van der Waals surface area (Å²) in [5.41, 5.74) is 2.37. The SMILES string of the molecule is CC(C)Cc1ccc(C(O)CNCCC2CC2)cc1. The Hall–Kier alpha value is -0.860. The van der Waals surface area contributed by atoms with Crippen LogP contribution in [0, 0.1) is 11.8 Å². The predicted octanol–water partition coefficient (Wildman–Crippen LogP) is 3.31. The van der Waals surface area contributed by atoms with E-state index < -0.39 is 0 Å². The highest BCUT2D eigenvalue weighted by Gasteiger charge is 2.20. The highest BCUT2D eigenvalue weighted by atomic mass is 16.3. The van der Waals surface area contributed by atoms with Crippen molar-refractivity contribution in [3.63, 3.8) is 0 Å². The van der Waals surface area contributed by atoms with Crippen LogP contribution in [0.2, 0.25) is 0 Å². The van der Waals surface area contributed by atoms with Crippen molar-refractivity contribution in [3.8, 4) is 0 Å². The van der Waals surface area contributed by atoms with Crippen LogP contribution < -0.4 is 5.32 Å². The molecule has 1 saturated carbocycles. The number of hydrogen-bond acceptors (Lipinski definition) is 2. The zero-order chi connectivity index (χ0) is 13.7. The van der Waals surface area contributed by atoms with Gasteiger partial charge in [-0.1, -0.05) is 51.0 Å². The average molecular weight is 261 g/mol. The van der Waals surface area contributed by atoms with Crippen LogP contribution in [-0.2, 0) is 6.42 Å². The summed E-state index contributed by atoms with van der Waals surface area (Å²) >= 11 is 0. The molecule has 1 aliphatic carbocycles. The van der Waals surface area contributed by atoms with Crippen molar-refractivity contribution in [2.75, 3.05) is 13.1 Å². The number of aliphatic hydroxyl groups is 1. The van der Waals surface area contributed by atoms with Crippen molar-refractivity contribution in [2.24, 2.45) is 11.8 Å². The van der Waals surface area contributed by atoms with E-state index in [4.69, 9.17) is 0 Å². The molecule has 1 aromatic rings. The Balaban J connectivity index is 1.72. The topological polar surface area (TPSA) is 32.3 Å². The molecule has 0 aromatic heterocycles. The first-order valence-electron chi connectivity index (χ1n) is 7.62. The van der Waals surface area contributed by atoms with Crippen LogP contribution >= 0.6 is 0 Å². The van der Waals surface area contributed by atoms with Crippen molar-refractivity contribution in [1.82, 2.24) is 5.32 Å². The maximum absolute atomic E-state index is 10.1. The molecule has 1 aliphatic rings. The fourth-order valence-electron chi connectivity index (χ4n) is 2.42. The first-order valence-corrected chi connectivity index (χ1v) is 7.62. The van der Waals surface area contributed by atoms with Gasteiger partial charge in [0, 0.05) is 6.54 Å². The molecule has 2 nitrogen and oxygen atoms in total. The molecule has 1 aromatic carbocycles. The molecule has 0 bridgehead atoms. The largest absolute Gasteiger partial charge is 0.387 e. The molecule has 19 heavy (non-hydrogen) atoms. The van der Waals surface area contributed by atoms with Gasteiger partial charge in [-0.05, 0) is 42.3 Å². The molecular formula is C17H27NO. The molecule has 2 rings (SSSR count). The van der Waals surface area contributed by atoms with Gasteiger partial charge in [-0.15, -0.1) is 0 Å². The second-order valence-electron chi connectivity index (χ2n) is 6.29. The molecule has 2 N–H and O–H groups in total. The fraction of sp³-hybridized carbons (Fsp3) is 0.647. The van der Waals surface area contributed by atoms with Crippen molar-refractivity contribution in [3.05, 3.63) is 35.4 Å². The number of nitrogens with one attached hydrogen (secondary N) is 1. The van der Waals surface area contributed by atoms with Crippen LogP contribution in [0.25, 0.3) is 0 Å². The Morgan fingerprint density at radius 3 is 2.47 bits per heavy atom. The van der Waals surface area contributed by atoms with Crippen molar-refractivity contribution >= 4 is 0 Å². The summed E-state index contributed by atoms with van der Waals surface area (Å²) in [5, 5.41) is 13.5. The van der Waals surface area contributed by atoms with E-state index in [-0.39, 0.29) is 6.10 Å². The van der Waals surface area contributed by atoms with Gasteiger partial charge in [-0.25, -0.2) is 0 Å². The Kier molecular flexibility index (Phi) is 5.41. The van der Waals surface area contributed by atoms with Gasteiger partial charge >= 0.3 is 0 Å². The maximum Gasteiger partial charge on any atom is 0.0914 e. The smallest absolute Gasteiger partial charge is 0.0914 e. The lowest BCUT2D eigenvalue weighted by atomic mass is 10.0. The highest BCUT2D eigenvalue weighted by Crippen LogP contribution is 2.31. The quantitative estimate of drug-likeness (QED) is 0.704. The zero-order valence-corrected chi connectivity index (χ0v) is 12.2. The van der Waals surface area contributed by atoms with Gasteiger partial charge in [0.1, 0.15) is 0 Å². The van der Waals surface area contributed by atoms with Gasteiger partial charge in [0.2, 0.25) is 0 Å². The minimum absolute atomic E-state index is 0.382. The molecule has 0 spiro atoms. The van der Waals surface area contributed by atoms with Gasteiger partial charge in [0.15, 0.2) is 0 Å². The maximum atomic E-state index is 10.1. The second-order valence-corrected chi connectivity index (χ2v) is 6.29. The third-order valence-corrected chi connectivity index (χ3v) is 3.77. The van der Waals surface area contributed by atoms with E-state index in [2.05, 4.69) is 43.4 Å². The summed E-state index contributed by atoms with van der Waals surface area (Å²) < 4.78 is 0. The number of hydrogen-bond donors (Lipinski definition) is 2. The van der Waals surface area contributed by atoms with Gasteiger partial charge in [-0.2, -0.15) is 0 Å². The molecule has 1 fully saturated rings. The van der Waals surface area contributed by atoms with E-state index in [9.17, 15) is 5.11 Å². The van der Waals surface area contributed by atoms with Crippen LogP contribution in [0.1, 0.15) is 50.3 Å². The predicted molar refractivity (Wildman–Crippen MR) is 80.2 cm³/mol. The molecule has 0 radical (unpaired) electrons. The van der Waals surface area contributed by atoms with Crippen molar-refractivity contribution < 1.29 is 5.11 Å². The molecule has 2 heteroatoms. The molecule has 0 heterocycles. The number of aliphatic hydroxyl groups excluding tert-OH is 1. The van der Waals surface area contributed by atoms with Crippen molar-refractivity contribution in [2.45, 2.75) is 45.6 Å². The van der Waals surface area contributed by atoms with E-state index in [0.29, 0.717) is 12.5 Å². The van der Waals surface area contributed by atoms with Gasteiger partial charge in [-0.3, -0.25) is 0 Å². The van der Waals surface area contributed by atoms with Crippen LogP contribution in [-0.4, -0.2) is 18.2 Å². The van der Waals surface area contributed by atoms with Crippen LogP contribution in [0.3, 0.4) is 0 Å². The second kappa shape index (κ2) is 7.06. The molecule has 106 valence electrons. The Morgan fingerprint density at radius 2 is 1.89 bits per heavy atom. The summed E-state index contributed by atoms with van der Waals surface area (Å²) in [5.74, 6) is 1.64. The van der Waals surface area contributed by atoms with Gasteiger partial charge in [0.05, 0.1) is 6.10 Å². The Labute approximate surface area is 117 Å². The van der Waals surface area contributed by atoms with E-state index in [1.165, 1.54) is 24.8 Å². The van der Waals surface area contributed by atoms with E-state index in [1.807, 2.05) is 0 Å². The molecule has 0 amide bonds. The monoisotopic (exact) mass is 261 g/mol. The van der Waals surface area contributed by atoms with E-state index in [0.717, 1.165) is 24.4 Å². The zero-order valence-electron chi connectivity index (χ0n) is 12.2. The normalized spacial score (nSPS) is 16.8. The van der Waals surface area contributed by atoms with Gasteiger partial charge < -0.3 is 10.4 Å². The first-order chi connectivity index (χ1) is 9.15. The minimum atomic E-state index is -0.382. The Bertz CT molecular complexity index is 367. The Morgan fingerprint density at radius 1 is 1.21 bits per heavy atom. The lowest BCUT2D eigenvalue weighted by Crippen LogP contribution is -2.22. The fourth-order valence-corrected chi connectivity index (χ4v) is 2.42. The summed E-state index contributed by atoms with van der Waals surface area (Å²) in [6, 6.07) is 8.40. The minimum Gasteiger partial charge on any atom is -0.387 e. The van der Waals surface area contributed by atoms with E-state index >= 15 is 0 Å².